The van der Waals surface area contributed by atoms with Crippen LogP contribution in [0.3, 0.4) is 0 Å². The summed E-state index contributed by atoms with van der Waals surface area (Å²) in [7, 11) is 1.68. The van der Waals surface area contributed by atoms with E-state index in [1.165, 1.54) is 0 Å². The van der Waals surface area contributed by atoms with Crippen molar-refractivity contribution in [2.24, 2.45) is 7.05 Å². The van der Waals surface area contributed by atoms with Crippen molar-refractivity contribution in [1.82, 2.24) is 29.3 Å². The highest BCUT2D eigenvalue weighted by Crippen LogP contribution is 2.43. The number of benzene rings is 1. The van der Waals surface area contributed by atoms with Crippen molar-refractivity contribution in [3.05, 3.63) is 70.2 Å². The first-order valence-electron chi connectivity index (χ1n) is 11.6. The summed E-state index contributed by atoms with van der Waals surface area (Å²) in [6.45, 7) is 4.17. The van der Waals surface area contributed by atoms with E-state index in [4.69, 9.17) is 5.10 Å². The Hall–Kier alpha value is -3.69. The van der Waals surface area contributed by atoms with Crippen LogP contribution in [0.15, 0.2) is 24.5 Å². The Morgan fingerprint density at radius 3 is 2.49 bits per heavy atom. The van der Waals surface area contributed by atoms with E-state index in [1.807, 2.05) is 13.8 Å². The monoisotopic (exact) mass is 480 g/mol. The fourth-order valence-corrected chi connectivity index (χ4v) is 5.25. The van der Waals surface area contributed by atoms with E-state index in [0.29, 0.717) is 29.9 Å². The highest BCUT2D eigenvalue weighted by molar-refractivity contribution is 6.03. The fraction of sp³-hybridized carbons (Fsp3) is 0.360. The second-order valence-electron chi connectivity index (χ2n) is 9.35. The van der Waals surface area contributed by atoms with E-state index in [1.54, 1.807) is 33.5 Å². The largest absolute Gasteiger partial charge is 0.330 e. The normalized spacial score (nSPS) is 17.8. The predicted molar refractivity (Wildman–Crippen MR) is 121 cm³/mol. The van der Waals surface area contributed by atoms with Gasteiger partial charge in [0.1, 0.15) is 5.52 Å². The van der Waals surface area contributed by atoms with E-state index >= 15 is 0 Å². The van der Waals surface area contributed by atoms with Crippen LogP contribution < -0.4 is 0 Å². The summed E-state index contributed by atoms with van der Waals surface area (Å²) in [4.78, 5) is 20.1. The smallest absolute Gasteiger partial charge is 0.258 e. The molecule has 6 rings (SSSR count). The Morgan fingerprint density at radius 2 is 1.80 bits per heavy atom. The molecule has 0 saturated heterocycles. The molecule has 4 aromatic rings. The van der Waals surface area contributed by atoms with Gasteiger partial charge in [0, 0.05) is 43.0 Å². The average molecular weight is 480 g/mol. The third-order valence-corrected chi connectivity index (χ3v) is 7.09. The van der Waals surface area contributed by atoms with Gasteiger partial charge in [0.2, 0.25) is 0 Å². The molecule has 0 spiro atoms. The Morgan fingerprint density at radius 1 is 1.09 bits per heavy atom. The van der Waals surface area contributed by atoms with Gasteiger partial charge in [0.05, 0.1) is 34.4 Å². The molecular weight excluding hydrogens is 457 g/mol. The lowest BCUT2D eigenvalue weighted by atomic mass is 9.94. The van der Waals surface area contributed by atoms with Gasteiger partial charge in [-0.05, 0) is 45.2 Å². The van der Waals surface area contributed by atoms with Crippen LogP contribution in [-0.4, -0.2) is 41.7 Å². The summed E-state index contributed by atoms with van der Waals surface area (Å²) in [6.07, 6.45) is 5.89. The van der Waals surface area contributed by atoms with E-state index < -0.39 is 17.5 Å². The van der Waals surface area contributed by atoms with E-state index in [2.05, 4.69) is 10.1 Å². The van der Waals surface area contributed by atoms with Crippen molar-refractivity contribution in [2.75, 3.05) is 6.54 Å². The van der Waals surface area contributed by atoms with Gasteiger partial charge in [0.25, 0.3) is 5.91 Å². The second kappa shape index (κ2) is 7.66. The molecule has 10 heteroatoms. The van der Waals surface area contributed by atoms with Gasteiger partial charge in [-0.25, -0.2) is 17.7 Å². The van der Waals surface area contributed by atoms with Crippen LogP contribution in [0.4, 0.5) is 13.2 Å². The summed E-state index contributed by atoms with van der Waals surface area (Å²) in [6, 6.07) is 1.59. The molecule has 7 nitrogen and oxygen atoms in total. The molecule has 4 heterocycles. The number of carbonyl (C=O) groups excluding carboxylic acids is 1. The molecule has 2 aliphatic rings. The minimum atomic E-state index is -1.50. The fourth-order valence-electron chi connectivity index (χ4n) is 5.25. The van der Waals surface area contributed by atoms with Crippen LogP contribution in [0.25, 0.3) is 16.8 Å². The number of rotatable bonds is 3. The van der Waals surface area contributed by atoms with Gasteiger partial charge >= 0.3 is 0 Å². The van der Waals surface area contributed by atoms with Crippen LogP contribution in [0.2, 0.25) is 0 Å². The van der Waals surface area contributed by atoms with E-state index in [9.17, 15) is 18.0 Å². The van der Waals surface area contributed by atoms with Gasteiger partial charge in [-0.1, -0.05) is 0 Å². The molecule has 35 heavy (non-hydrogen) atoms. The highest BCUT2D eigenvalue weighted by atomic mass is 19.2. The van der Waals surface area contributed by atoms with Crippen LogP contribution >= 0.6 is 0 Å². The van der Waals surface area contributed by atoms with Crippen molar-refractivity contribution in [1.29, 1.82) is 0 Å². The molecule has 0 radical (unpaired) electrons. The van der Waals surface area contributed by atoms with E-state index in [-0.39, 0.29) is 23.4 Å². The van der Waals surface area contributed by atoms with Gasteiger partial charge in [0.15, 0.2) is 17.5 Å². The summed E-state index contributed by atoms with van der Waals surface area (Å²) in [5.41, 5.74) is 5.05. The molecule has 1 amide bonds. The number of hydrogen-bond donors (Lipinski definition) is 0. The first kappa shape index (κ1) is 21.8. The number of hydrogen-bond acceptors (Lipinski definition) is 4. The number of amides is 1. The predicted octanol–water partition coefficient (Wildman–Crippen LogP) is 4.49. The zero-order valence-corrected chi connectivity index (χ0v) is 19.5. The molecule has 0 unspecified atom stereocenters. The minimum Gasteiger partial charge on any atom is -0.330 e. The maximum atomic E-state index is 14.0. The molecule has 1 aliphatic carbocycles. The number of fused-ring (bicyclic) bond motifs is 2. The van der Waals surface area contributed by atoms with Crippen LogP contribution in [0, 0.1) is 24.4 Å². The van der Waals surface area contributed by atoms with Gasteiger partial charge < -0.3 is 4.90 Å². The number of halogens is 3. The zero-order valence-electron chi connectivity index (χ0n) is 19.5. The Balaban J connectivity index is 1.42. The second-order valence-corrected chi connectivity index (χ2v) is 9.35. The number of aryl methyl sites for hydroxylation is 2. The third-order valence-electron chi connectivity index (χ3n) is 7.09. The number of aromatic nitrogens is 5. The molecule has 0 N–H and O–H groups in total. The van der Waals surface area contributed by atoms with Crippen LogP contribution in [-0.2, 0) is 13.5 Å². The topological polar surface area (TPSA) is 68.3 Å². The lowest BCUT2D eigenvalue weighted by molar-refractivity contribution is 0.0674. The van der Waals surface area contributed by atoms with E-state index in [0.717, 1.165) is 47.4 Å². The molecular formula is C25H23F3N6O. The molecule has 1 fully saturated rings. The summed E-state index contributed by atoms with van der Waals surface area (Å²) in [5.74, 6) is -3.85. The summed E-state index contributed by atoms with van der Waals surface area (Å²) < 4.78 is 44.7. The third kappa shape index (κ3) is 3.26. The lowest BCUT2D eigenvalue weighted by Crippen LogP contribution is -2.39. The van der Waals surface area contributed by atoms with Gasteiger partial charge in [-0.2, -0.15) is 10.2 Å². The average Bonchev–Trinajstić information content (AvgIpc) is 3.50. The van der Waals surface area contributed by atoms with Crippen molar-refractivity contribution in [2.45, 2.75) is 45.1 Å². The zero-order chi connectivity index (χ0) is 24.6. The molecule has 0 bridgehead atoms. The molecule has 1 saturated carbocycles. The van der Waals surface area contributed by atoms with Gasteiger partial charge in [-0.15, -0.1) is 0 Å². The summed E-state index contributed by atoms with van der Waals surface area (Å²) in [5, 5.41) is 9.32. The number of nitrogens with zero attached hydrogens (tertiary/aromatic N) is 6. The van der Waals surface area contributed by atoms with Crippen LogP contribution in [0.1, 0.15) is 64.7 Å². The standard InChI is InChI=1S/C25H23F3N6O/c1-12-23-19(22(14-4-5-14)31-34(23)9-7-29-12)25(35)33-8-6-16-21(13(33)2)30-32(3)24(16)15-10-17(26)20(28)18(27)11-15/h7,9-11,13-14H,4-6,8H2,1-3H3/t13-/m0/s1. The van der Waals surface area contributed by atoms with Crippen molar-refractivity contribution < 1.29 is 18.0 Å². The minimum absolute atomic E-state index is 0.123. The maximum absolute atomic E-state index is 14.0. The lowest BCUT2D eigenvalue weighted by Gasteiger charge is -2.33. The molecule has 1 aromatic carbocycles. The van der Waals surface area contributed by atoms with Crippen LogP contribution in [0.5, 0.6) is 0 Å². The molecule has 3 aromatic heterocycles. The molecule has 1 aliphatic heterocycles. The quantitative estimate of drug-likeness (QED) is 0.405. The molecule has 180 valence electrons. The first-order chi connectivity index (χ1) is 16.8. The summed E-state index contributed by atoms with van der Waals surface area (Å²) >= 11 is 0. The SMILES string of the molecule is Cc1nccn2nc(C3CC3)c(C(=O)N3CCc4c(nn(C)c4-c4cc(F)c(F)c(F)c4)[C@@H]3C)c12. The Bertz CT molecular complexity index is 1500. The molecule has 1 atom stereocenters. The van der Waals surface area contributed by atoms with Gasteiger partial charge in [-0.3, -0.25) is 14.5 Å². The van der Waals surface area contributed by atoms with Crippen molar-refractivity contribution >= 4 is 11.4 Å². The Labute approximate surface area is 199 Å². The maximum Gasteiger partial charge on any atom is 0.258 e. The van der Waals surface area contributed by atoms with Crippen molar-refractivity contribution in [3.63, 3.8) is 0 Å². The Kier molecular flexibility index (Phi) is 4.77. The van der Waals surface area contributed by atoms with Crippen molar-refractivity contribution in [3.8, 4) is 11.3 Å². The highest BCUT2D eigenvalue weighted by Gasteiger charge is 2.39. The first-order valence-corrected chi connectivity index (χ1v) is 11.6. The number of carbonyl (C=O) groups is 1.